The number of aliphatic hydroxyl groups is 1. The van der Waals surface area contributed by atoms with E-state index in [1.54, 1.807) is 7.05 Å². The number of rotatable bonds is 6. The molecule has 0 heterocycles. The SMILES string of the molecule is CNC(C)C(=O)NC(CCO)C(C)C. The maximum Gasteiger partial charge on any atom is 0.237 e. The van der Waals surface area contributed by atoms with Crippen molar-refractivity contribution in [1.82, 2.24) is 10.6 Å². The molecule has 0 rings (SSSR count). The molecule has 0 spiro atoms. The molecule has 4 heteroatoms. The lowest BCUT2D eigenvalue weighted by Crippen LogP contribution is -2.47. The lowest BCUT2D eigenvalue weighted by atomic mass is 10.0. The number of hydrogen-bond acceptors (Lipinski definition) is 3. The minimum absolute atomic E-state index is 0.0142. The van der Waals surface area contributed by atoms with Crippen molar-refractivity contribution in [3.8, 4) is 0 Å². The molecule has 4 nitrogen and oxygen atoms in total. The highest BCUT2D eigenvalue weighted by Gasteiger charge is 2.18. The van der Waals surface area contributed by atoms with Crippen LogP contribution in [0.3, 0.4) is 0 Å². The van der Waals surface area contributed by atoms with Gasteiger partial charge in [-0.05, 0) is 26.3 Å². The Morgan fingerprint density at radius 1 is 1.36 bits per heavy atom. The lowest BCUT2D eigenvalue weighted by Gasteiger charge is -2.23. The molecule has 0 aromatic heterocycles. The van der Waals surface area contributed by atoms with Crippen molar-refractivity contribution < 1.29 is 9.90 Å². The number of amides is 1. The van der Waals surface area contributed by atoms with E-state index in [2.05, 4.69) is 10.6 Å². The Morgan fingerprint density at radius 3 is 2.29 bits per heavy atom. The molecule has 0 aliphatic rings. The zero-order valence-electron chi connectivity index (χ0n) is 9.50. The summed E-state index contributed by atoms with van der Waals surface area (Å²) in [5.74, 6) is 0.329. The minimum atomic E-state index is -0.185. The smallest absolute Gasteiger partial charge is 0.237 e. The van der Waals surface area contributed by atoms with Gasteiger partial charge in [-0.2, -0.15) is 0 Å². The van der Waals surface area contributed by atoms with Gasteiger partial charge in [-0.15, -0.1) is 0 Å². The fraction of sp³-hybridized carbons (Fsp3) is 0.900. The number of carbonyl (C=O) groups is 1. The van der Waals surface area contributed by atoms with Crippen LogP contribution >= 0.6 is 0 Å². The number of carbonyl (C=O) groups excluding carboxylic acids is 1. The highest BCUT2D eigenvalue weighted by atomic mass is 16.3. The van der Waals surface area contributed by atoms with Crippen LogP contribution in [0.25, 0.3) is 0 Å². The molecule has 0 bridgehead atoms. The van der Waals surface area contributed by atoms with Crippen LogP contribution in [0.2, 0.25) is 0 Å². The van der Waals surface area contributed by atoms with E-state index in [4.69, 9.17) is 5.11 Å². The van der Waals surface area contributed by atoms with E-state index >= 15 is 0 Å². The Bertz CT molecular complexity index is 172. The van der Waals surface area contributed by atoms with E-state index in [1.807, 2.05) is 20.8 Å². The van der Waals surface area contributed by atoms with Gasteiger partial charge in [-0.1, -0.05) is 13.8 Å². The third kappa shape index (κ3) is 4.58. The van der Waals surface area contributed by atoms with E-state index in [9.17, 15) is 4.79 Å². The molecule has 3 N–H and O–H groups in total. The average molecular weight is 202 g/mol. The first-order chi connectivity index (χ1) is 6.52. The van der Waals surface area contributed by atoms with Crippen molar-refractivity contribution in [2.45, 2.75) is 39.3 Å². The summed E-state index contributed by atoms with van der Waals surface area (Å²) in [5.41, 5.74) is 0. The Balaban J connectivity index is 4.08. The molecule has 0 saturated heterocycles. The van der Waals surface area contributed by atoms with Gasteiger partial charge >= 0.3 is 0 Å². The fourth-order valence-electron chi connectivity index (χ4n) is 1.15. The Kier molecular flexibility index (Phi) is 6.49. The highest BCUT2D eigenvalue weighted by molar-refractivity contribution is 5.81. The summed E-state index contributed by atoms with van der Waals surface area (Å²) >= 11 is 0. The summed E-state index contributed by atoms with van der Waals surface area (Å²) in [6, 6.07) is -0.127. The first-order valence-corrected chi connectivity index (χ1v) is 5.11. The van der Waals surface area contributed by atoms with E-state index < -0.39 is 0 Å². The van der Waals surface area contributed by atoms with Crippen molar-refractivity contribution >= 4 is 5.91 Å². The van der Waals surface area contributed by atoms with Crippen LogP contribution < -0.4 is 10.6 Å². The zero-order valence-corrected chi connectivity index (χ0v) is 9.50. The largest absolute Gasteiger partial charge is 0.396 e. The Hall–Kier alpha value is -0.610. The minimum Gasteiger partial charge on any atom is -0.396 e. The van der Waals surface area contributed by atoms with Crippen LogP contribution in [0.5, 0.6) is 0 Å². The molecule has 0 aromatic carbocycles. The molecular weight excluding hydrogens is 180 g/mol. The number of nitrogens with one attached hydrogen (secondary N) is 2. The van der Waals surface area contributed by atoms with Gasteiger partial charge in [-0.25, -0.2) is 0 Å². The summed E-state index contributed by atoms with van der Waals surface area (Å²) in [6.45, 7) is 5.98. The number of likely N-dealkylation sites (N-methyl/N-ethyl adjacent to an activating group) is 1. The molecule has 0 fully saturated rings. The van der Waals surface area contributed by atoms with Crippen LogP contribution in [0.1, 0.15) is 27.2 Å². The van der Waals surface area contributed by atoms with Crippen molar-refractivity contribution in [3.63, 3.8) is 0 Å². The van der Waals surface area contributed by atoms with E-state index in [-0.39, 0.29) is 24.6 Å². The molecule has 0 saturated carbocycles. The van der Waals surface area contributed by atoms with E-state index in [0.29, 0.717) is 12.3 Å². The topological polar surface area (TPSA) is 61.4 Å². The lowest BCUT2D eigenvalue weighted by molar-refractivity contribution is -0.123. The maximum atomic E-state index is 11.5. The first kappa shape index (κ1) is 13.4. The molecule has 14 heavy (non-hydrogen) atoms. The van der Waals surface area contributed by atoms with Gasteiger partial charge in [0.05, 0.1) is 6.04 Å². The summed E-state index contributed by atoms with van der Waals surface area (Å²) < 4.78 is 0. The van der Waals surface area contributed by atoms with Gasteiger partial charge in [0.15, 0.2) is 0 Å². The third-order valence-electron chi connectivity index (χ3n) is 2.40. The fourth-order valence-corrected chi connectivity index (χ4v) is 1.15. The van der Waals surface area contributed by atoms with Gasteiger partial charge in [-0.3, -0.25) is 4.79 Å². The summed E-state index contributed by atoms with van der Waals surface area (Å²) in [5, 5.41) is 14.6. The van der Waals surface area contributed by atoms with Crippen molar-refractivity contribution in [1.29, 1.82) is 0 Å². The summed E-state index contributed by atoms with van der Waals surface area (Å²) in [4.78, 5) is 11.5. The predicted octanol–water partition coefficient (Wildman–Crippen LogP) is 0.118. The van der Waals surface area contributed by atoms with Gasteiger partial charge in [0.25, 0.3) is 0 Å². The Labute approximate surface area is 86.1 Å². The highest BCUT2D eigenvalue weighted by Crippen LogP contribution is 2.05. The molecule has 2 atom stereocenters. The molecular formula is C10H22N2O2. The molecule has 2 unspecified atom stereocenters. The average Bonchev–Trinajstić information content (AvgIpc) is 2.15. The monoisotopic (exact) mass is 202 g/mol. The van der Waals surface area contributed by atoms with Gasteiger partial charge in [0, 0.05) is 12.6 Å². The maximum absolute atomic E-state index is 11.5. The van der Waals surface area contributed by atoms with E-state index in [1.165, 1.54) is 0 Å². The summed E-state index contributed by atoms with van der Waals surface area (Å²) in [7, 11) is 1.75. The molecule has 0 aliphatic heterocycles. The predicted molar refractivity (Wildman–Crippen MR) is 57.0 cm³/mol. The summed E-state index contributed by atoms with van der Waals surface area (Å²) in [6.07, 6.45) is 0.611. The zero-order chi connectivity index (χ0) is 11.1. The van der Waals surface area contributed by atoms with Gasteiger partial charge in [0.2, 0.25) is 5.91 Å². The molecule has 84 valence electrons. The molecule has 0 aromatic rings. The van der Waals surface area contributed by atoms with Crippen LogP contribution in [-0.4, -0.2) is 36.8 Å². The van der Waals surface area contributed by atoms with Gasteiger partial charge < -0.3 is 15.7 Å². The second-order valence-corrected chi connectivity index (χ2v) is 3.88. The van der Waals surface area contributed by atoms with Crippen LogP contribution in [0, 0.1) is 5.92 Å². The van der Waals surface area contributed by atoms with Crippen LogP contribution in [0.15, 0.2) is 0 Å². The first-order valence-electron chi connectivity index (χ1n) is 5.11. The normalized spacial score (nSPS) is 15.3. The second-order valence-electron chi connectivity index (χ2n) is 3.88. The number of hydrogen-bond donors (Lipinski definition) is 3. The van der Waals surface area contributed by atoms with Crippen LogP contribution in [0.4, 0.5) is 0 Å². The van der Waals surface area contributed by atoms with Crippen molar-refractivity contribution in [3.05, 3.63) is 0 Å². The third-order valence-corrected chi connectivity index (χ3v) is 2.40. The quantitative estimate of drug-likeness (QED) is 0.573. The van der Waals surface area contributed by atoms with Crippen molar-refractivity contribution in [2.24, 2.45) is 5.92 Å². The Morgan fingerprint density at radius 2 is 1.93 bits per heavy atom. The van der Waals surface area contributed by atoms with Crippen molar-refractivity contribution in [2.75, 3.05) is 13.7 Å². The molecule has 1 amide bonds. The second kappa shape index (κ2) is 6.79. The van der Waals surface area contributed by atoms with E-state index in [0.717, 1.165) is 0 Å². The molecule has 0 aliphatic carbocycles. The standard InChI is InChI=1S/C10H22N2O2/c1-7(2)9(5-6-13)12-10(14)8(3)11-4/h7-9,11,13H,5-6H2,1-4H3,(H,12,14). The van der Waals surface area contributed by atoms with Crippen LogP contribution in [-0.2, 0) is 4.79 Å². The number of aliphatic hydroxyl groups excluding tert-OH is 1. The molecule has 0 radical (unpaired) electrons. The van der Waals surface area contributed by atoms with Gasteiger partial charge in [0.1, 0.15) is 0 Å².